The van der Waals surface area contributed by atoms with Crippen LogP contribution in [0.1, 0.15) is 34.6 Å². The Kier molecular flexibility index (Phi) is 6.40. The molecule has 0 radical (unpaired) electrons. The Morgan fingerprint density at radius 3 is 2.26 bits per heavy atom. The minimum absolute atomic E-state index is 0.114. The van der Waals surface area contributed by atoms with Crippen LogP contribution in [-0.4, -0.2) is 14.7 Å². The molecule has 3 aromatic carbocycles. The van der Waals surface area contributed by atoms with E-state index in [9.17, 15) is 0 Å². The second kappa shape index (κ2) is 10.1. The molecule has 0 amide bonds. The number of aryl methyl sites for hydroxylation is 2. The van der Waals surface area contributed by atoms with Gasteiger partial charge in [-0.15, -0.1) is 0 Å². The summed E-state index contributed by atoms with van der Waals surface area (Å²) in [6.07, 6.45) is 3.94. The summed E-state index contributed by atoms with van der Waals surface area (Å²) in [4.78, 5) is 6.88. The number of aromatic nitrogens is 2. The summed E-state index contributed by atoms with van der Waals surface area (Å²) in [5.74, 6) is 1.63. The molecule has 3 heterocycles. The maximum atomic E-state index is 6.15. The summed E-state index contributed by atoms with van der Waals surface area (Å²) in [6.45, 7) is 4.15. The average molecular weight is 517 g/mol. The van der Waals surface area contributed by atoms with E-state index < -0.39 is 0 Å². The van der Waals surface area contributed by atoms with E-state index in [1.165, 1.54) is 5.56 Å². The van der Waals surface area contributed by atoms with Crippen molar-refractivity contribution in [3.8, 4) is 17.2 Å². The molecule has 1 fully saturated rings. The van der Waals surface area contributed by atoms with E-state index in [0.717, 1.165) is 39.8 Å². The fraction of sp³-hybridized carbons (Fsp3) is 0.125. The predicted molar refractivity (Wildman–Crippen MR) is 156 cm³/mol. The lowest BCUT2D eigenvalue weighted by Crippen LogP contribution is -2.30. The topological polar surface area (TPSA) is 42.3 Å². The van der Waals surface area contributed by atoms with Crippen LogP contribution in [0.5, 0.6) is 11.5 Å². The SMILES string of the molecule is Cc1ccc(-n2cccc2[C@H]2[C@@H](c3ccccn3)NC(=S)N2c2ccc(Oc3ccccc3C)cc2)cc1. The lowest BCUT2D eigenvalue weighted by molar-refractivity contribution is 0.479. The first kappa shape index (κ1) is 23.9. The molecule has 1 aliphatic rings. The number of nitrogens with one attached hydrogen (secondary N) is 1. The fourth-order valence-corrected chi connectivity index (χ4v) is 5.33. The van der Waals surface area contributed by atoms with E-state index in [4.69, 9.17) is 17.0 Å². The van der Waals surface area contributed by atoms with Crippen molar-refractivity contribution in [2.75, 3.05) is 4.90 Å². The van der Waals surface area contributed by atoms with Crippen molar-refractivity contribution in [1.82, 2.24) is 14.9 Å². The van der Waals surface area contributed by atoms with E-state index in [-0.39, 0.29) is 12.1 Å². The monoisotopic (exact) mass is 516 g/mol. The Labute approximate surface area is 228 Å². The zero-order chi connectivity index (χ0) is 26.1. The molecule has 0 saturated carbocycles. The summed E-state index contributed by atoms with van der Waals surface area (Å²) >= 11 is 5.93. The number of thiocarbonyl (C=S) groups is 1. The number of benzene rings is 3. The molecule has 0 bridgehead atoms. The molecule has 6 rings (SSSR count). The highest BCUT2D eigenvalue weighted by Crippen LogP contribution is 2.42. The van der Waals surface area contributed by atoms with Gasteiger partial charge in [0.1, 0.15) is 17.5 Å². The van der Waals surface area contributed by atoms with Crippen LogP contribution in [0.3, 0.4) is 0 Å². The molecule has 1 aliphatic heterocycles. The number of ether oxygens (including phenoxy) is 1. The Balaban J connectivity index is 1.40. The van der Waals surface area contributed by atoms with Gasteiger partial charge in [0.2, 0.25) is 0 Å². The molecule has 188 valence electrons. The van der Waals surface area contributed by atoms with E-state index in [0.29, 0.717) is 5.11 Å². The van der Waals surface area contributed by atoms with Crippen LogP contribution < -0.4 is 15.0 Å². The van der Waals surface area contributed by atoms with Crippen molar-refractivity contribution in [2.45, 2.75) is 25.9 Å². The standard InChI is InChI=1S/C32H28N4OS/c1-22-12-14-24(15-13-22)35-21-7-10-28(35)31-30(27-9-5-6-20-33-27)34-32(38)36(31)25-16-18-26(19-17-25)37-29-11-4-3-8-23(29)2/h3-21,30-31H,1-2H3,(H,34,38)/t30-,31+/m1/s1. The van der Waals surface area contributed by atoms with Crippen LogP contribution in [-0.2, 0) is 0 Å². The van der Waals surface area contributed by atoms with Gasteiger partial charge in [-0.05, 0) is 98.4 Å². The van der Waals surface area contributed by atoms with Crippen LogP contribution in [0.25, 0.3) is 5.69 Å². The van der Waals surface area contributed by atoms with Crippen LogP contribution in [0, 0.1) is 13.8 Å². The molecule has 6 heteroatoms. The van der Waals surface area contributed by atoms with Gasteiger partial charge < -0.3 is 19.5 Å². The largest absolute Gasteiger partial charge is 0.457 e. The van der Waals surface area contributed by atoms with Crippen LogP contribution in [0.2, 0.25) is 0 Å². The average Bonchev–Trinajstić information content (AvgIpc) is 3.56. The maximum Gasteiger partial charge on any atom is 0.174 e. The van der Waals surface area contributed by atoms with Crippen LogP contribution in [0.15, 0.2) is 116 Å². The van der Waals surface area contributed by atoms with E-state index in [2.05, 4.69) is 87.5 Å². The predicted octanol–water partition coefficient (Wildman–Crippen LogP) is 7.46. The Hall–Kier alpha value is -4.42. The minimum Gasteiger partial charge on any atom is -0.457 e. The molecule has 0 unspecified atom stereocenters. The molecule has 2 aromatic heterocycles. The van der Waals surface area contributed by atoms with E-state index in [1.807, 2.05) is 61.7 Å². The lowest BCUT2D eigenvalue weighted by atomic mass is 10.0. The molecular formula is C32H28N4OS. The van der Waals surface area contributed by atoms with Gasteiger partial charge in [0.05, 0.1) is 11.7 Å². The summed E-state index contributed by atoms with van der Waals surface area (Å²) < 4.78 is 8.38. The molecule has 0 spiro atoms. The van der Waals surface area contributed by atoms with Crippen molar-refractivity contribution in [3.63, 3.8) is 0 Å². The number of nitrogens with zero attached hydrogens (tertiary/aromatic N) is 3. The molecular weight excluding hydrogens is 488 g/mol. The second-order valence-corrected chi connectivity index (χ2v) is 9.88. The third-order valence-electron chi connectivity index (χ3n) is 6.93. The van der Waals surface area contributed by atoms with E-state index in [1.54, 1.807) is 0 Å². The highest BCUT2D eigenvalue weighted by atomic mass is 32.1. The lowest BCUT2D eigenvalue weighted by Gasteiger charge is -2.29. The van der Waals surface area contributed by atoms with Gasteiger partial charge in [-0.1, -0.05) is 42.0 Å². The van der Waals surface area contributed by atoms with Gasteiger partial charge in [0, 0.05) is 29.5 Å². The number of hydrogen-bond acceptors (Lipinski definition) is 3. The zero-order valence-electron chi connectivity index (χ0n) is 21.3. The number of rotatable bonds is 6. The van der Waals surface area contributed by atoms with Crippen molar-refractivity contribution < 1.29 is 4.74 Å². The number of para-hydroxylation sites is 1. The Bertz CT molecular complexity index is 1560. The second-order valence-electron chi connectivity index (χ2n) is 9.50. The van der Waals surface area contributed by atoms with Gasteiger partial charge >= 0.3 is 0 Å². The number of anilines is 1. The molecule has 0 aliphatic carbocycles. The van der Waals surface area contributed by atoms with Gasteiger partial charge in [-0.3, -0.25) is 4.98 Å². The fourth-order valence-electron chi connectivity index (χ4n) is 4.98. The van der Waals surface area contributed by atoms with Crippen molar-refractivity contribution in [2.24, 2.45) is 0 Å². The van der Waals surface area contributed by atoms with Gasteiger partial charge in [-0.2, -0.15) is 0 Å². The first-order valence-electron chi connectivity index (χ1n) is 12.7. The van der Waals surface area contributed by atoms with Gasteiger partial charge in [0.15, 0.2) is 5.11 Å². The number of pyridine rings is 1. The normalized spacial score (nSPS) is 16.9. The maximum absolute atomic E-state index is 6.15. The molecule has 38 heavy (non-hydrogen) atoms. The third kappa shape index (κ3) is 4.55. The summed E-state index contributed by atoms with van der Waals surface area (Å²) in [7, 11) is 0. The minimum atomic E-state index is -0.120. The highest BCUT2D eigenvalue weighted by Gasteiger charge is 2.42. The summed E-state index contributed by atoms with van der Waals surface area (Å²) in [5, 5.41) is 4.22. The first-order chi connectivity index (χ1) is 18.6. The zero-order valence-corrected chi connectivity index (χ0v) is 22.1. The smallest absolute Gasteiger partial charge is 0.174 e. The summed E-state index contributed by atoms with van der Waals surface area (Å²) in [6, 6.07) is 34.7. The third-order valence-corrected chi connectivity index (χ3v) is 7.24. The molecule has 1 saturated heterocycles. The van der Waals surface area contributed by atoms with Crippen LogP contribution >= 0.6 is 12.2 Å². The molecule has 1 N–H and O–H groups in total. The highest BCUT2D eigenvalue weighted by molar-refractivity contribution is 7.80. The van der Waals surface area contributed by atoms with Crippen molar-refractivity contribution in [1.29, 1.82) is 0 Å². The first-order valence-corrected chi connectivity index (χ1v) is 13.1. The molecule has 5 nitrogen and oxygen atoms in total. The van der Waals surface area contributed by atoms with Crippen molar-refractivity contribution in [3.05, 3.63) is 138 Å². The van der Waals surface area contributed by atoms with Crippen LogP contribution in [0.4, 0.5) is 5.69 Å². The summed E-state index contributed by atoms with van der Waals surface area (Å²) in [5.41, 5.74) is 6.48. The molecule has 2 atom stereocenters. The Morgan fingerprint density at radius 2 is 1.53 bits per heavy atom. The van der Waals surface area contributed by atoms with Gasteiger partial charge in [0.25, 0.3) is 0 Å². The number of hydrogen-bond donors (Lipinski definition) is 1. The Morgan fingerprint density at radius 1 is 0.789 bits per heavy atom. The van der Waals surface area contributed by atoms with Crippen molar-refractivity contribution >= 4 is 23.0 Å². The molecule has 5 aromatic rings. The quantitative estimate of drug-likeness (QED) is 0.237. The van der Waals surface area contributed by atoms with E-state index >= 15 is 0 Å². The van der Waals surface area contributed by atoms with Gasteiger partial charge in [-0.25, -0.2) is 0 Å².